The van der Waals surface area contributed by atoms with Crippen LogP contribution in [0.2, 0.25) is 0 Å². The van der Waals surface area contributed by atoms with Crippen molar-refractivity contribution in [3.8, 4) is 0 Å². The van der Waals surface area contributed by atoms with Gasteiger partial charge in [0.15, 0.2) is 0 Å². The lowest BCUT2D eigenvalue weighted by atomic mass is 10.0. The van der Waals surface area contributed by atoms with Gasteiger partial charge in [0.25, 0.3) is 0 Å². The quantitative estimate of drug-likeness (QED) is 0.748. The van der Waals surface area contributed by atoms with Crippen molar-refractivity contribution in [3.63, 3.8) is 0 Å². The molecule has 0 radical (unpaired) electrons. The molecule has 1 aromatic heterocycles. The van der Waals surface area contributed by atoms with Crippen LogP contribution in [0.4, 0.5) is 0 Å². The summed E-state index contributed by atoms with van der Waals surface area (Å²) in [6, 6.07) is 8.36. The predicted molar refractivity (Wildman–Crippen MR) is 90.1 cm³/mol. The van der Waals surface area contributed by atoms with Gasteiger partial charge in [-0.3, -0.25) is 4.68 Å². The molecule has 2 rings (SSSR count). The molecule has 0 aliphatic rings. The first-order valence-corrected chi connectivity index (χ1v) is 8.11. The van der Waals surface area contributed by atoms with Crippen molar-refractivity contribution < 1.29 is 0 Å². The maximum atomic E-state index is 6.30. The van der Waals surface area contributed by atoms with Crippen LogP contribution in [-0.4, -0.2) is 9.78 Å². The van der Waals surface area contributed by atoms with E-state index in [9.17, 15) is 0 Å². The second-order valence-corrected chi connectivity index (χ2v) is 6.59. The third kappa shape index (κ3) is 3.38. The molecule has 3 nitrogen and oxygen atoms in total. The Morgan fingerprint density at radius 3 is 2.53 bits per heavy atom. The summed E-state index contributed by atoms with van der Waals surface area (Å²) in [6.07, 6.45) is 1.71. The molecule has 2 N–H and O–H groups in total. The van der Waals surface area contributed by atoms with Gasteiger partial charge in [-0.25, -0.2) is 0 Å². The van der Waals surface area contributed by atoms with Crippen LogP contribution in [0.1, 0.15) is 29.9 Å². The molecule has 1 heterocycles. The molecule has 0 saturated heterocycles. The fourth-order valence-corrected chi connectivity index (χ4v) is 3.22. The normalized spacial score (nSPS) is 12.7. The van der Waals surface area contributed by atoms with Crippen molar-refractivity contribution >= 4 is 38.5 Å². The summed E-state index contributed by atoms with van der Waals surface area (Å²) >= 11 is 5.93. The van der Waals surface area contributed by atoms with E-state index in [4.69, 9.17) is 5.73 Å². The highest BCUT2D eigenvalue weighted by Gasteiger charge is 2.16. The third-order valence-corrected chi connectivity index (χ3v) is 4.85. The Hall–Kier alpha value is -0.400. The molecule has 0 bridgehead atoms. The van der Waals surface area contributed by atoms with E-state index >= 15 is 0 Å². The van der Waals surface area contributed by atoms with Gasteiger partial charge in [0, 0.05) is 23.1 Å². The molecule has 1 atom stereocenters. The summed E-state index contributed by atoms with van der Waals surface area (Å²) in [7, 11) is 1.97. The van der Waals surface area contributed by atoms with Crippen LogP contribution in [0.15, 0.2) is 28.7 Å². The van der Waals surface area contributed by atoms with Gasteiger partial charge in [-0.2, -0.15) is 5.10 Å². The summed E-state index contributed by atoms with van der Waals surface area (Å²) in [5.74, 6) is 0. The minimum Gasteiger partial charge on any atom is -0.324 e. The number of hydrogen-bond donors (Lipinski definition) is 1. The smallest absolute Gasteiger partial charge is 0.0766 e. The van der Waals surface area contributed by atoms with Crippen LogP contribution < -0.4 is 5.73 Å². The van der Waals surface area contributed by atoms with Crippen molar-refractivity contribution in [2.24, 2.45) is 12.8 Å². The summed E-state index contributed by atoms with van der Waals surface area (Å²) in [5, 5.41) is 4.50. The molecule has 2 aromatic rings. The standard InChI is InChI=1S/C14H17BrIN3/c1-3-12-14(15)13(19(2)18-12)8-11(17)9-4-6-10(16)7-5-9/h4-7,11H,3,8,17H2,1-2H3. The lowest BCUT2D eigenvalue weighted by Gasteiger charge is -2.13. The zero-order chi connectivity index (χ0) is 14.0. The maximum Gasteiger partial charge on any atom is 0.0766 e. The predicted octanol–water partition coefficient (Wildman–Crippen LogP) is 3.59. The Labute approximate surface area is 135 Å². The zero-order valence-electron chi connectivity index (χ0n) is 11.0. The first-order chi connectivity index (χ1) is 9.02. The van der Waals surface area contributed by atoms with Gasteiger partial charge in [-0.05, 0) is 62.6 Å². The Balaban J connectivity index is 2.21. The van der Waals surface area contributed by atoms with E-state index in [-0.39, 0.29) is 6.04 Å². The van der Waals surface area contributed by atoms with Crippen molar-refractivity contribution in [3.05, 3.63) is 49.3 Å². The van der Waals surface area contributed by atoms with Gasteiger partial charge in [0.05, 0.1) is 15.9 Å². The Morgan fingerprint density at radius 1 is 1.37 bits per heavy atom. The Bertz CT molecular complexity index is 563. The molecule has 0 aliphatic carbocycles. The minimum atomic E-state index is -0.00611. The lowest BCUT2D eigenvalue weighted by molar-refractivity contribution is 0.637. The molecule has 0 spiro atoms. The van der Waals surface area contributed by atoms with Crippen molar-refractivity contribution in [1.82, 2.24) is 9.78 Å². The van der Waals surface area contributed by atoms with Gasteiger partial charge < -0.3 is 5.73 Å². The number of halogens is 2. The van der Waals surface area contributed by atoms with E-state index in [1.807, 2.05) is 11.7 Å². The molecule has 0 saturated carbocycles. The molecule has 0 fully saturated rings. The highest BCUT2D eigenvalue weighted by atomic mass is 127. The fraction of sp³-hybridized carbons (Fsp3) is 0.357. The molecule has 102 valence electrons. The van der Waals surface area contributed by atoms with E-state index in [1.165, 1.54) is 3.57 Å². The van der Waals surface area contributed by atoms with Crippen LogP contribution in [0.3, 0.4) is 0 Å². The molecule has 5 heteroatoms. The van der Waals surface area contributed by atoms with Gasteiger partial charge in [0.1, 0.15) is 0 Å². The molecule has 1 unspecified atom stereocenters. The van der Waals surface area contributed by atoms with Crippen LogP contribution in [-0.2, 0) is 19.9 Å². The zero-order valence-corrected chi connectivity index (χ0v) is 14.8. The number of benzene rings is 1. The summed E-state index contributed by atoms with van der Waals surface area (Å²) in [6.45, 7) is 2.11. The molecular formula is C14H17BrIN3. The van der Waals surface area contributed by atoms with Gasteiger partial charge >= 0.3 is 0 Å². The van der Waals surface area contributed by atoms with Crippen molar-refractivity contribution in [2.75, 3.05) is 0 Å². The monoisotopic (exact) mass is 433 g/mol. The third-order valence-electron chi connectivity index (χ3n) is 3.21. The molecule has 19 heavy (non-hydrogen) atoms. The second kappa shape index (κ2) is 6.37. The molecule has 0 aliphatic heterocycles. The van der Waals surface area contributed by atoms with E-state index in [0.29, 0.717) is 0 Å². The van der Waals surface area contributed by atoms with Gasteiger partial charge in [0.2, 0.25) is 0 Å². The average molecular weight is 434 g/mol. The van der Waals surface area contributed by atoms with E-state index < -0.39 is 0 Å². The fourth-order valence-electron chi connectivity index (χ4n) is 2.08. The molecular weight excluding hydrogens is 417 g/mol. The SMILES string of the molecule is CCc1nn(C)c(CC(N)c2ccc(I)cc2)c1Br. The van der Waals surface area contributed by atoms with Crippen LogP contribution in [0, 0.1) is 3.57 Å². The molecule has 0 amide bonds. The number of nitrogens with zero attached hydrogens (tertiary/aromatic N) is 2. The number of nitrogens with two attached hydrogens (primary N) is 1. The average Bonchev–Trinajstić information content (AvgIpc) is 2.67. The summed E-state index contributed by atoms with van der Waals surface area (Å²) in [4.78, 5) is 0. The highest BCUT2D eigenvalue weighted by molar-refractivity contribution is 14.1. The lowest BCUT2D eigenvalue weighted by Crippen LogP contribution is -2.15. The van der Waals surface area contributed by atoms with Gasteiger partial charge in [-0.15, -0.1) is 0 Å². The summed E-state index contributed by atoms with van der Waals surface area (Å²) in [5.41, 5.74) is 9.71. The maximum absolute atomic E-state index is 6.30. The first-order valence-electron chi connectivity index (χ1n) is 6.24. The number of hydrogen-bond acceptors (Lipinski definition) is 2. The summed E-state index contributed by atoms with van der Waals surface area (Å²) < 4.78 is 4.25. The first kappa shape index (κ1) is 15.0. The minimum absolute atomic E-state index is 0.00611. The van der Waals surface area contributed by atoms with E-state index in [2.05, 4.69) is 74.8 Å². The van der Waals surface area contributed by atoms with E-state index in [1.54, 1.807) is 0 Å². The number of aromatic nitrogens is 2. The topological polar surface area (TPSA) is 43.8 Å². The Kier molecular flexibility index (Phi) is 5.03. The van der Waals surface area contributed by atoms with Crippen LogP contribution in [0.25, 0.3) is 0 Å². The molecule has 1 aromatic carbocycles. The largest absolute Gasteiger partial charge is 0.324 e. The van der Waals surface area contributed by atoms with Gasteiger partial charge in [-0.1, -0.05) is 19.1 Å². The van der Waals surface area contributed by atoms with Crippen molar-refractivity contribution in [1.29, 1.82) is 0 Å². The van der Waals surface area contributed by atoms with Crippen molar-refractivity contribution in [2.45, 2.75) is 25.8 Å². The van der Waals surface area contributed by atoms with Crippen LogP contribution >= 0.6 is 38.5 Å². The van der Waals surface area contributed by atoms with E-state index in [0.717, 1.165) is 34.3 Å². The number of rotatable bonds is 4. The Morgan fingerprint density at radius 2 is 2.00 bits per heavy atom. The highest BCUT2D eigenvalue weighted by Crippen LogP contribution is 2.26. The number of aryl methyl sites for hydroxylation is 2. The second-order valence-electron chi connectivity index (χ2n) is 4.55. The van der Waals surface area contributed by atoms with Crippen LogP contribution in [0.5, 0.6) is 0 Å².